The average molecular weight is 395 g/mol. The number of hydrogen-bond donors (Lipinski definition) is 0. The molecular formula is C20H18N4OS2. The first-order chi connectivity index (χ1) is 13.0. The van der Waals surface area contributed by atoms with Gasteiger partial charge in [-0.3, -0.25) is 14.7 Å². The van der Waals surface area contributed by atoms with E-state index in [1.54, 1.807) is 11.1 Å². The second-order valence-corrected chi connectivity index (χ2v) is 8.49. The zero-order valence-corrected chi connectivity index (χ0v) is 16.9. The lowest BCUT2D eigenvalue weighted by Crippen LogP contribution is -2.30. The fourth-order valence-corrected chi connectivity index (χ4v) is 4.83. The number of nitrogens with zero attached hydrogens (tertiary/aromatic N) is 4. The van der Waals surface area contributed by atoms with Crippen LogP contribution in [0.2, 0.25) is 0 Å². The van der Waals surface area contributed by atoms with Crippen molar-refractivity contribution < 1.29 is 4.79 Å². The third-order valence-electron chi connectivity index (χ3n) is 4.23. The van der Waals surface area contributed by atoms with E-state index in [1.807, 2.05) is 57.2 Å². The third-order valence-corrected chi connectivity index (χ3v) is 6.33. The molecule has 0 fully saturated rings. The minimum Gasteiger partial charge on any atom is -0.277 e. The molecule has 3 heterocycles. The Morgan fingerprint density at radius 1 is 1.04 bits per heavy atom. The number of aromatic nitrogens is 3. The Morgan fingerprint density at radius 3 is 2.56 bits per heavy atom. The predicted molar refractivity (Wildman–Crippen MR) is 111 cm³/mol. The molecule has 1 amide bonds. The number of carbonyl (C=O) groups excluding carboxylic acids is 1. The molecule has 0 saturated heterocycles. The summed E-state index contributed by atoms with van der Waals surface area (Å²) in [5.74, 6) is -0.0829. The van der Waals surface area contributed by atoms with Gasteiger partial charge in [-0.1, -0.05) is 29.5 Å². The topological polar surface area (TPSA) is 59.0 Å². The summed E-state index contributed by atoms with van der Waals surface area (Å²) >= 11 is 2.95. The molecule has 3 aromatic heterocycles. The van der Waals surface area contributed by atoms with Crippen molar-refractivity contribution in [1.82, 2.24) is 15.0 Å². The van der Waals surface area contributed by atoms with Crippen LogP contribution in [0.3, 0.4) is 0 Å². The smallest absolute Gasteiger partial charge is 0.272 e. The van der Waals surface area contributed by atoms with Crippen molar-refractivity contribution in [2.24, 2.45) is 0 Å². The Labute approximate surface area is 165 Å². The van der Waals surface area contributed by atoms with E-state index < -0.39 is 0 Å². The van der Waals surface area contributed by atoms with E-state index in [2.05, 4.69) is 9.97 Å². The SMILES string of the molecule is Cc1nc(C)c(C(=O)N(Cc2ccccn2)c2nc3c(C)cccc3s2)s1. The molecule has 0 aliphatic rings. The van der Waals surface area contributed by atoms with E-state index in [0.29, 0.717) is 16.6 Å². The van der Waals surface area contributed by atoms with Crippen LogP contribution >= 0.6 is 22.7 Å². The summed E-state index contributed by atoms with van der Waals surface area (Å²) in [6, 6.07) is 11.8. The number of aryl methyl sites for hydroxylation is 3. The quantitative estimate of drug-likeness (QED) is 0.493. The highest BCUT2D eigenvalue weighted by molar-refractivity contribution is 7.22. The molecule has 0 spiro atoms. The lowest BCUT2D eigenvalue weighted by Gasteiger charge is -2.19. The van der Waals surface area contributed by atoms with Crippen molar-refractivity contribution in [3.63, 3.8) is 0 Å². The number of pyridine rings is 1. The van der Waals surface area contributed by atoms with Gasteiger partial charge in [-0.15, -0.1) is 11.3 Å². The predicted octanol–water partition coefficient (Wildman–Crippen LogP) is 4.92. The van der Waals surface area contributed by atoms with Gasteiger partial charge in [0.25, 0.3) is 5.91 Å². The molecule has 0 radical (unpaired) electrons. The fraction of sp³-hybridized carbons (Fsp3) is 0.200. The molecule has 0 aliphatic heterocycles. The molecule has 1 aromatic carbocycles. The maximum absolute atomic E-state index is 13.4. The summed E-state index contributed by atoms with van der Waals surface area (Å²) < 4.78 is 1.07. The summed E-state index contributed by atoms with van der Waals surface area (Å²) in [5.41, 5.74) is 3.62. The highest BCUT2D eigenvalue weighted by Crippen LogP contribution is 2.33. The Kier molecular flexibility index (Phi) is 4.72. The molecule has 5 nitrogen and oxygen atoms in total. The number of rotatable bonds is 4. The van der Waals surface area contributed by atoms with Gasteiger partial charge in [0.05, 0.1) is 33.2 Å². The molecular weight excluding hydrogens is 376 g/mol. The van der Waals surface area contributed by atoms with Crippen molar-refractivity contribution in [3.05, 3.63) is 69.4 Å². The second-order valence-electron chi connectivity index (χ2n) is 6.28. The number of benzene rings is 1. The van der Waals surface area contributed by atoms with Gasteiger partial charge < -0.3 is 0 Å². The Bertz CT molecular complexity index is 1120. The van der Waals surface area contributed by atoms with Crippen LogP contribution in [0.4, 0.5) is 5.13 Å². The zero-order valence-electron chi connectivity index (χ0n) is 15.3. The van der Waals surface area contributed by atoms with Crippen molar-refractivity contribution in [2.45, 2.75) is 27.3 Å². The molecule has 0 N–H and O–H groups in total. The molecule has 27 heavy (non-hydrogen) atoms. The number of carbonyl (C=O) groups is 1. The van der Waals surface area contributed by atoms with Gasteiger partial charge in [-0.25, -0.2) is 9.97 Å². The van der Waals surface area contributed by atoms with E-state index in [4.69, 9.17) is 4.98 Å². The van der Waals surface area contributed by atoms with Gasteiger partial charge in [0.15, 0.2) is 5.13 Å². The Hall–Kier alpha value is -2.64. The summed E-state index contributed by atoms with van der Waals surface area (Å²) in [6.07, 6.45) is 1.74. The van der Waals surface area contributed by atoms with E-state index in [0.717, 1.165) is 32.2 Å². The second kappa shape index (κ2) is 7.17. The molecule has 0 unspecified atom stereocenters. The van der Waals surface area contributed by atoms with Gasteiger partial charge >= 0.3 is 0 Å². The van der Waals surface area contributed by atoms with Crippen LogP contribution in [-0.4, -0.2) is 20.9 Å². The van der Waals surface area contributed by atoms with Crippen LogP contribution in [0.1, 0.15) is 31.6 Å². The fourth-order valence-electron chi connectivity index (χ4n) is 2.92. The monoisotopic (exact) mass is 394 g/mol. The molecule has 0 bridgehead atoms. The van der Waals surface area contributed by atoms with Gasteiger partial charge in [-0.05, 0) is 44.5 Å². The molecule has 4 rings (SSSR count). The van der Waals surface area contributed by atoms with Crippen molar-refractivity contribution in [1.29, 1.82) is 0 Å². The molecule has 0 aliphatic carbocycles. The number of amides is 1. The average Bonchev–Trinajstić information content (AvgIpc) is 3.23. The Balaban J connectivity index is 1.80. The van der Waals surface area contributed by atoms with E-state index in [-0.39, 0.29) is 5.91 Å². The van der Waals surface area contributed by atoms with Crippen molar-refractivity contribution in [2.75, 3.05) is 4.90 Å². The standard InChI is InChI=1S/C20H18N4OS2/c1-12-7-6-9-16-17(12)23-20(27-16)24(11-15-8-4-5-10-21-15)19(25)18-13(2)22-14(3)26-18/h4-10H,11H2,1-3H3. The van der Waals surface area contributed by atoms with Gasteiger partial charge in [0, 0.05) is 6.20 Å². The highest BCUT2D eigenvalue weighted by Gasteiger charge is 2.25. The van der Waals surface area contributed by atoms with Crippen LogP contribution in [0.15, 0.2) is 42.6 Å². The minimum atomic E-state index is -0.0829. The first kappa shape index (κ1) is 17.8. The Morgan fingerprint density at radius 2 is 1.89 bits per heavy atom. The molecule has 0 saturated carbocycles. The largest absolute Gasteiger partial charge is 0.277 e. The maximum Gasteiger partial charge on any atom is 0.272 e. The van der Waals surface area contributed by atoms with Gasteiger partial charge in [0.1, 0.15) is 4.88 Å². The molecule has 4 aromatic rings. The normalized spacial score (nSPS) is 11.1. The van der Waals surface area contributed by atoms with Gasteiger partial charge in [-0.2, -0.15) is 0 Å². The zero-order chi connectivity index (χ0) is 19.0. The summed E-state index contributed by atoms with van der Waals surface area (Å²) in [7, 11) is 0. The first-order valence-electron chi connectivity index (χ1n) is 8.55. The summed E-state index contributed by atoms with van der Waals surface area (Å²) in [5, 5.41) is 1.56. The molecule has 7 heteroatoms. The van der Waals surface area contributed by atoms with E-state index in [9.17, 15) is 4.79 Å². The number of thiazole rings is 2. The number of fused-ring (bicyclic) bond motifs is 1. The van der Waals surface area contributed by atoms with Crippen LogP contribution in [0.25, 0.3) is 10.2 Å². The van der Waals surface area contributed by atoms with Crippen molar-refractivity contribution >= 4 is 43.9 Å². The van der Waals surface area contributed by atoms with Gasteiger partial charge in [0.2, 0.25) is 0 Å². The number of para-hydroxylation sites is 1. The lowest BCUT2D eigenvalue weighted by molar-refractivity contribution is 0.0988. The lowest BCUT2D eigenvalue weighted by atomic mass is 10.2. The summed E-state index contributed by atoms with van der Waals surface area (Å²) in [6.45, 7) is 6.19. The van der Waals surface area contributed by atoms with Crippen LogP contribution < -0.4 is 4.90 Å². The minimum absolute atomic E-state index is 0.0829. The van der Waals surface area contributed by atoms with E-state index >= 15 is 0 Å². The number of hydrogen-bond acceptors (Lipinski definition) is 6. The van der Waals surface area contributed by atoms with Crippen LogP contribution in [0, 0.1) is 20.8 Å². The number of anilines is 1. The van der Waals surface area contributed by atoms with Crippen LogP contribution in [-0.2, 0) is 6.54 Å². The maximum atomic E-state index is 13.4. The molecule has 0 atom stereocenters. The summed E-state index contributed by atoms with van der Waals surface area (Å²) in [4.78, 5) is 29.3. The molecule has 136 valence electrons. The van der Waals surface area contributed by atoms with E-state index in [1.165, 1.54) is 22.7 Å². The highest BCUT2D eigenvalue weighted by atomic mass is 32.1. The first-order valence-corrected chi connectivity index (χ1v) is 10.2. The third kappa shape index (κ3) is 3.48. The van der Waals surface area contributed by atoms with Crippen molar-refractivity contribution in [3.8, 4) is 0 Å². The van der Waals surface area contributed by atoms with Crippen LogP contribution in [0.5, 0.6) is 0 Å².